The molecule has 4 rings (SSSR count). The van der Waals surface area contributed by atoms with Gasteiger partial charge >= 0.3 is 0 Å². The van der Waals surface area contributed by atoms with Crippen LogP contribution in [-0.2, 0) is 11.3 Å². The number of rotatable bonds is 3. The predicted octanol–water partition coefficient (Wildman–Crippen LogP) is 2.60. The fraction of sp³-hybridized carbons (Fsp3) is 0.350. The number of ether oxygens (including phenoxy) is 1. The number of nitrogens with two attached hydrogens (primary N) is 1. The number of nitrogens with zero attached hydrogens (tertiary/aromatic N) is 4. The number of carbonyl (C=O) groups is 1. The van der Waals surface area contributed by atoms with Gasteiger partial charge in [0.15, 0.2) is 0 Å². The number of morpholine rings is 1. The van der Waals surface area contributed by atoms with Gasteiger partial charge in [0.1, 0.15) is 5.69 Å². The summed E-state index contributed by atoms with van der Waals surface area (Å²) in [6.45, 7) is 6.46. The summed E-state index contributed by atoms with van der Waals surface area (Å²) in [5.74, 6) is 0.371. The van der Waals surface area contributed by atoms with E-state index < -0.39 is 0 Å². The molecule has 146 valence electrons. The molecule has 0 spiro atoms. The molecular formula is C20H22ClN5O2. The minimum absolute atomic E-state index is 0.112. The highest BCUT2D eigenvalue weighted by Gasteiger charge is 2.23. The summed E-state index contributed by atoms with van der Waals surface area (Å²) in [4.78, 5) is 23.7. The lowest BCUT2D eigenvalue weighted by molar-refractivity contribution is 0.0299. The average molecular weight is 400 g/mol. The summed E-state index contributed by atoms with van der Waals surface area (Å²) < 4.78 is 7.19. The average Bonchev–Trinajstić information content (AvgIpc) is 3.11. The van der Waals surface area contributed by atoms with Crippen LogP contribution in [0, 0.1) is 13.8 Å². The second-order valence-electron chi connectivity index (χ2n) is 6.89. The first-order valence-electron chi connectivity index (χ1n) is 9.21. The number of benzene rings is 1. The van der Waals surface area contributed by atoms with Gasteiger partial charge in [0, 0.05) is 47.7 Å². The molecule has 0 saturated carbocycles. The van der Waals surface area contributed by atoms with Gasteiger partial charge in [0.25, 0.3) is 5.91 Å². The second-order valence-corrected chi connectivity index (χ2v) is 7.32. The van der Waals surface area contributed by atoms with Crippen LogP contribution in [0.1, 0.15) is 27.3 Å². The van der Waals surface area contributed by atoms with Gasteiger partial charge in [-0.1, -0.05) is 17.7 Å². The van der Waals surface area contributed by atoms with E-state index in [4.69, 9.17) is 22.1 Å². The van der Waals surface area contributed by atoms with E-state index in [-0.39, 0.29) is 5.91 Å². The van der Waals surface area contributed by atoms with Gasteiger partial charge in [-0.05, 0) is 31.5 Å². The number of imidazole rings is 1. The third kappa shape index (κ3) is 3.26. The maximum Gasteiger partial charge on any atom is 0.274 e. The smallest absolute Gasteiger partial charge is 0.274 e. The number of carbonyl (C=O) groups excluding carboxylic acids is 1. The summed E-state index contributed by atoms with van der Waals surface area (Å²) in [5.41, 5.74) is 11.0. The van der Waals surface area contributed by atoms with E-state index in [2.05, 4.69) is 9.97 Å². The standard InChI is InChI=1S/C20H22ClN5O2/c1-12-9-14(21)3-4-15(12)18-16(10-22)13(2)23-20-24-17(11-26(18)20)19(27)25-5-7-28-8-6-25/h3-4,9,11H,5-8,10,22H2,1-2H3. The fourth-order valence-corrected chi connectivity index (χ4v) is 3.84. The highest BCUT2D eigenvalue weighted by Crippen LogP contribution is 2.31. The Morgan fingerprint density at radius 3 is 2.68 bits per heavy atom. The third-order valence-corrected chi connectivity index (χ3v) is 5.32. The fourth-order valence-electron chi connectivity index (χ4n) is 3.61. The van der Waals surface area contributed by atoms with Gasteiger partial charge < -0.3 is 15.4 Å². The van der Waals surface area contributed by atoms with Crippen molar-refractivity contribution in [2.24, 2.45) is 5.73 Å². The lowest BCUT2D eigenvalue weighted by Crippen LogP contribution is -2.40. The Hall–Kier alpha value is -2.48. The molecule has 1 amide bonds. The Bertz CT molecular complexity index is 1060. The third-order valence-electron chi connectivity index (χ3n) is 5.08. The van der Waals surface area contributed by atoms with E-state index in [1.807, 2.05) is 36.4 Å². The predicted molar refractivity (Wildman–Crippen MR) is 108 cm³/mol. The molecule has 3 heterocycles. The van der Waals surface area contributed by atoms with Crippen LogP contribution in [0.3, 0.4) is 0 Å². The summed E-state index contributed by atoms with van der Waals surface area (Å²) >= 11 is 6.14. The molecule has 1 aliphatic heterocycles. The van der Waals surface area contributed by atoms with Gasteiger partial charge in [-0.15, -0.1) is 0 Å². The van der Waals surface area contributed by atoms with Gasteiger partial charge in [-0.2, -0.15) is 0 Å². The van der Waals surface area contributed by atoms with Crippen molar-refractivity contribution >= 4 is 23.3 Å². The lowest BCUT2D eigenvalue weighted by Gasteiger charge is -2.25. The van der Waals surface area contributed by atoms with E-state index in [9.17, 15) is 4.79 Å². The zero-order valence-corrected chi connectivity index (χ0v) is 16.7. The highest BCUT2D eigenvalue weighted by atomic mass is 35.5. The Labute approximate surface area is 168 Å². The number of aromatic nitrogens is 3. The molecule has 0 atom stereocenters. The summed E-state index contributed by atoms with van der Waals surface area (Å²) in [7, 11) is 0. The maximum absolute atomic E-state index is 12.9. The van der Waals surface area contributed by atoms with Crippen LogP contribution in [0.5, 0.6) is 0 Å². The molecule has 1 aromatic carbocycles. The van der Waals surface area contributed by atoms with Crippen LogP contribution >= 0.6 is 11.6 Å². The summed E-state index contributed by atoms with van der Waals surface area (Å²) in [6, 6.07) is 5.73. The quantitative estimate of drug-likeness (QED) is 0.731. The number of hydrogen-bond donors (Lipinski definition) is 1. The van der Waals surface area contributed by atoms with Crippen molar-refractivity contribution in [3.05, 3.63) is 51.9 Å². The van der Waals surface area contributed by atoms with Gasteiger partial charge in [-0.3, -0.25) is 9.20 Å². The molecule has 1 saturated heterocycles. The van der Waals surface area contributed by atoms with Crippen LogP contribution in [0.2, 0.25) is 5.02 Å². The Morgan fingerprint density at radius 2 is 2.00 bits per heavy atom. The largest absolute Gasteiger partial charge is 0.378 e. The van der Waals surface area contributed by atoms with E-state index in [1.165, 1.54) is 0 Å². The Balaban J connectivity index is 1.89. The summed E-state index contributed by atoms with van der Waals surface area (Å²) in [5, 5.41) is 0.673. The molecular weight excluding hydrogens is 378 g/mol. The molecule has 0 radical (unpaired) electrons. The molecule has 28 heavy (non-hydrogen) atoms. The van der Waals surface area contributed by atoms with Crippen molar-refractivity contribution < 1.29 is 9.53 Å². The molecule has 3 aromatic rings. The first-order valence-corrected chi connectivity index (χ1v) is 9.59. The first kappa shape index (κ1) is 18.9. The zero-order chi connectivity index (χ0) is 19.8. The van der Waals surface area contributed by atoms with Crippen molar-refractivity contribution in [2.45, 2.75) is 20.4 Å². The van der Waals surface area contributed by atoms with Crippen molar-refractivity contribution in [1.82, 2.24) is 19.3 Å². The monoisotopic (exact) mass is 399 g/mol. The lowest BCUT2D eigenvalue weighted by atomic mass is 10.00. The number of hydrogen-bond acceptors (Lipinski definition) is 5. The number of halogens is 1. The SMILES string of the molecule is Cc1cc(Cl)ccc1-c1c(CN)c(C)nc2nc(C(=O)N3CCOCC3)cn12. The van der Waals surface area contributed by atoms with E-state index in [0.717, 1.165) is 28.1 Å². The Kier molecular flexibility index (Phi) is 5.05. The number of aryl methyl sites for hydroxylation is 2. The minimum Gasteiger partial charge on any atom is -0.378 e. The van der Waals surface area contributed by atoms with Crippen LogP contribution in [0.25, 0.3) is 17.0 Å². The summed E-state index contributed by atoms with van der Waals surface area (Å²) in [6.07, 6.45) is 1.75. The molecule has 8 heteroatoms. The molecule has 1 aliphatic rings. The second kappa shape index (κ2) is 7.50. The molecule has 2 N–H and O–H groups in total. The van der Waals surface area contributed by atoms with Crippen LogP contribution in [-0.4, -0.2) is 51.5 Å². The maximum atomic E-state index is 12.9. The van der Waals surface area contributed by atoms with Gasteiger partial charge in [-0.25, -0.2) is 9.97 Å². The molecule has 7 nitrogen and oxygen atoms in total. The van der Waals surface area contributed by atoms with Crippen molar-refractivity contribution in [3.8, 4) is 11.3 Å². The van der Waals surface area contributed by atoms with Crippen LogP contribution in [0.15, 0.2) is 24.4 Å². The van der Waals surface area contributed by atoms with Crippen LogP contribution < -0.4 is 5.73 Å². The van der Waals surface area contributed by atoms with E-state index in [0.29, 0.717) is 49.3 Å². The van der Waals surface area contributed by atoms with Crippen molar-refractivity contribution in [1.29, 1.82) is 0 Å². The van der Waals surface area contributed by atoms with Crippen molar-refractivity contribution in [2.75, 3.05) is 26.3 Å². The molecule has 2 aromatic heterocycles. The van der Waals surface area contributed by atoms with E-state index >= 15 is 0 Å². The Morgan fingerprint density at radius 1 is 1.25 bits per heavy atom. The highest BCUT2D eigenvalue weighted by molar-refractivity contribution is 6.30. The first-order chi connectivity index (χ1) is 13.5. The number of amides is 1. The van der Waals surface area contributed by atoms with E-state index in [1.54, 1.807) is 11.1 Å². The topological polar surface area (TPSA) is 85.8 Å². The zero-order valence-electron chi connectivity index (χ0n) is 15.9. The molecule has 1 fully saturated rings. The van der Waals surface area contributed by atoms with Gasteiger partial charge in [0.2, 0.25) is 5.78 Å². The van der Waals surface area contributed by atoms with Crippen LogP contribution in [0.4, 0.5) is 0 Å². The normalized spacial score (nSPS) is 14.6. The van der Waals surface area contributed by atoms with Crippen molar-refractivity contribution in [3.63, 3.8) is 0 Å². The molecule has 0 aliphatic carbocycles. The van der Waals surface area contributed by atoms with Gasteiger partial charge in [0.05, 0.1) is 18.9 Å². The molecule has 0 bridgehead atoms. The minimum atomic E-state index is -0.112. The number of fused-ring (bicyclic) bond motifs is 1. The molecule has 0 unspecified atom stereocenters.